The third-order valence-corrected chi connectivity index (χ3v) is 4.17. The number of benzene rings is 1. The van der Waals surface area contributed by atoms with Crippen LogP contribution < -0.4 is 10.0 Å². The van der Waals surface area contributed by atoms with Crippen LogP contribution in [0.3, 0.4) is 0 Å². The van der Waals surface area contributed by atoms with E-state index in [9.17, 15) is 8.42 Å². The van der Waals surface area contributed by atoms with E-state index >= 15 is 0 Å². The highest BCUT2D eigenvalue weighted by Gasteiger charge is 2.11. The van der Waals surface area contributed by atoms with Crippen LogP contribution in [-0.4, -0.2) is 24.9 Å². The number of rotatable bonds is 6. The quantitative estimate of drug-likeness (QED) is 0.840. The third kappa shape index (κ3) is 3.75. The van der Waals surface area contributed by atoms with Gasteiger partial charge in [-0.2, -0.15) is 0 Å². The summed E-state index contributed by atoms with van der Waals surface area (Å²) in [6.07, 6.45) is 4.93. The minimum Gasteiger partial charge on any atom is -0.381 e. The average Bonchev–Trinajstić information content (AvgIpc) is 2.47. The molecule has 20 heavy (non-hydrogen) atoms. The lowest BCUT2D eigenvalue weighted by Crippen LogP contribution is -2.23. The largest absolute Gasteiger partial charge is 0.381 e. The van der Waals surface area contributed by atoms with Gasteiger partial charge in [-0.05, 0) is 24.3 Å². The summed E-state index contributed by atoms with van der Waals surface area (Å²) in [6, 6.07) is 6.60. The molecule has 106 valence electrons. The monoisotopic (exact) mass is 292 g/mol. The van der Waals surface area contributed by atoms with Gasteiger partial charge < -0.3 is 5.32 Å². The SMILES string of the molecule is CCNS(=O)(=O)c1ccc(NCc2cncnc2)cc1. The van der Waals surface area contributed by atoms with Crippen molar-refractivity contribution in [3.05, 3.63) is 48.5 Å². The van der Waals surface area contributed by atoms with Crippen LogP contribution in [0.5, 0.6) is 0 Å². The fraction of sp³-hybridized carbons (Fsp3) is 0.231. The van der Waals surface area contributed by atoms with Gasteiger partial charge >= 0.3 is 0 Å². The van der Waals surface area contributed by atoms with Gasteiger partial charge in [-0.1, -0.05) is 6.92 Å². The second-order valence-corrected chi connectivity index (χ2v) is 5.89. The van der Waals surface area contributed by atoms with Crippen molar-refractivity contribution in [1.82, 2.24) is 14.7 Å². The molecule has 0 radical (unpaired) electrons. The maximum Gasteiger partial charge on any atom is 0.240 e. The Balaban J connectivity index is 2.02. The maximum atomic E-state index is 11.8. The highest BCUT2D eigenvalue weighted by atomic mass is 32.2. The van der Waals surface area contributed by atoms with Gasteiger partial charge in [0.1, 0.15) is 6.33 Å². The molecular weight excluding hydrogens is 276 g/mol. The van der Waals surface area contributed by atoms with Crippen LogP contribution in [0, 0.1) is 0 Å². The van der Waals surface area contributed by atoms with Crippen molar-refractivity contribution in [1.29, 1.82) is 0 Å². The molecule has 0 fully saturated rings. The first-order valence-electron chi connectivity index (χ1n) is 6.19. The van der Waals surface area contributed by atoms with E-state index in [2.05, 4.69) is 20.0 Å². The van der Waals surface area contributed by atoms with Crippen LogP contribution >= 0.6 is 0 Å². The molecule has 0 aliphatic rings. The number of anilines is 1. The van der Waals surface area contributed by atoms with Gasteiger partial charge in [-0.15, -0.1) is 0 Å². The lowest BCUT2D eigenvalue weighted by molar-refractivity contribution is 0.584. The minimum atomic E-state index is -3.39. The van der Waals surface area contributed by atoms with Crippen molar-refractivity contribution >= 4 is 15.7 Å². The molecular formula is C13H16N4O2S. The summed E-state index contributed by atoms with van der Waals surface area (Å²) in [5, 5.41) is 3.18. The molecule has 0 spiro atoms. The standard InChI is InChI=1S/C13H16N4O2S/c1-2-17-20(18,19)13-5-3-12(4-6-13)16-9-11-7-14-10-15-8-11/h3-8,10,16-17H,2,9H2,1H3. The molecule has 7 heteroatoms. The zero-order valence-corrected chi connectivity index (χ0v) is 11.9. The molecule has 1 heterocycles. The molecule has 2 N–H and O–H groups in total. The molecule has 1 aromatic carbocycles. The molecule has 0 bridgehead atoms. The van der Waals surface area contributed by atoms with Crippen LogP contribution in [0.1, 0.15) is 12.5 Å². The van der Waals surface area contributed by atoms with Crippen molar-refractivity contribution in [2.75, 3.05) is 11.9 Å². The number of nitrogens with zero attached hydrogens (tertiary/aromatic N) is 2. The molecule has 0 amide bonds. The number of aromatic nitrogens is 2. The predicted octanol–water partition coefficient (Wildman–Crippen LogP) is 1.39. The Morgan fingerprint density at radius 1 is 1.10 bits per heavy atom. The zero-order valence-electron chi connectivity index (χ0n) is 11.1. The van der Waals surface area contributed by atoms with Crippen LogP contribution in [0.2, 0.25) is 0 Å². The van der Waals surface area contributed by atoms with Crippen molar-refractivity contribution in [3.63, 3.8) is 0 Å². The van der Waals surface area contributed by atoms with Crippen LogP contribution in [-0.2, 0) is 16.6 Å². The predicted molar refractivity (Wildman–Crippen MR) is 76.7 cm³/mol. The first-order valence-corrected chi connectivity index (χ1v) is 7.67. The molecule has 2 rings (SSSR count). The highest BCUT2D eigenvalue weighted by Crippen LogP contribution is 2.14. The summed E-state index contributed by atoms with van der Waals surface area (Å²) in [5.41, 5.74) is 1.79. The van der Waals surface area contributed by atoms with E-state index in [0.29, 0.717) is 13.1 Å². The molecule has 0 unspecified atom stereocenters. The molecule has 1 aromatic heterocycles. The summed E-state index contributed by atoms with van der Waals surface area (Å²) in [7, 11) is -3.39. The van der Waals surface area contributed by atoms with E-state index in [0.717, 1.165) is 11.3 Å². The van der Waals surface area contributed by atoms with Crippen LogP contribution in [0.25, 0.3) is 0 Å². The fourth-order valence-electron chi connectivity index (χ4n) is 1.65. The maximum absolute atomic E-state index is 11.8. The van der Waals surface area contributed by atoms with Gasteiger partial charge in [-0.25, -0.2) is 23.1 Å². The van der Waals surface area contributed by atoms with E-state index in [1.54, 1.807) is 43.6 Å². The number of sulfonamides is 1. The Hall–Kier alpha value is -1.99. The van der Waals surface area contributed by atoms with Crippen molar-refractivity contribution in [3.8, 4) is 0 Å². The van der Waals surface area contributed by atoms with E-state index in [-0.39, 0.29) is 4.90 Å². The Labute approximate surface area is 118 Å². The number of hydrogen-bond acceptors (Lipinski definition) is 5. The van der Waals surface area contributed by atoms with Crippen LogP contribution in [0.4, 0.5) is 5.69 Å². The zero-order chi connectivity index (χ0) is 14.4. The van der Waals surface area contributed by atoms with E-state index in [1.807, 2.05) is 0 Å². The van der Waals surface area contributed by atoms with Crippen molar-refractivity contribution < 1.29 is 8.42 Å². The second-order valence-electron chi connectivity index (χ2n) is 4.13. The molecule has 6 nitrogen and oxygen atoms in total. The summed E-state index contributed by atoms with van der Waals surface area (Å²) in [4.78, 5) is 8.11. The molecule has 0 saturated heterocycles. The molecule has 0 aliphatic heterocycles. The Morgan fingerprint density at radius 3 is 2.35 bits per heavy atom. The fourth-order valence-corrected chi connectivity index (χ4v) is 2.69. The third-order valence-electron chi connectivity index (χ3n) is 2.61. The Morgan fingerprint density at radius 2 is 1.75 bits per heavy atom. The summed E-state index contributed by atoms with van der Waals surface area (Å²) < 4.78 is 26.0. The summed E-state index contributed by atoms with van der Waals surface area (Å²) in [6.45, 7) is 2.70. The van der Waals surface area contributed by atoms with Crippen molar-refractivity contribution in [2.45, 2.75) is 18.4 Å². The normalized spacial score (nSPS) is 11.2. The lowest BCUT2D eigenvalue weighted by atomic mass is 10.3. The smallest absolute Gasteiger partial charge is 0.240 e. The number of nitrogens with one attached hydrogen (secondary N) is 2. The van der Waals surface area contributed by atoms with E-state index < -0.39 is 10.0 Å². The Bertz CT molecular complexity index is 642. The van der Waals surface area contributed by atoms with Crippen molar-refractivity contribution in [2.24, 2.45) is 0 Å². The second kappa shape index (κ2) is 6.44. The summed E-state index contributed by atoms with van der Waals surface area (Å²) in [5.74, 6) is 0. The van der Waals surface area contributed by atoms with E-state index in [1.165, 1.54) is 6.33 Å². The first-order chi connectivity index (χ1) is 9.62. The molecule has 2 aromatic rings. The first kappa shape index (κ1) is 14.4. The minimum absolute atomic E-state index is 0.257. The van der Waals surface area contributed by atoms with Gasteiger partial charge in [-0.3, -0.25) is 0 Å². The highest BCUT2D eigenvalue weighted by molar-refractivity contribution is 7.89. The molecule has 0 saturated carbocycles. The topological polar surface area (TPSA) is 84.0 Å². The van der Waals surface area contributed by atoms with Gasteiger partial charge in [0, 0.05) is 36.7 Å². The van der Waals surface area contributed by atoms with Gasteiger partial charge in [0.15, 0.2) is 0 Å². The van der Waals surface area contributed by atoms with Gasteiger partial charge in [0.2, 0.25) is 10.0 Å². The number of hydrogen-bond donors (Lipinski definition) is 2. The molecule has 0 aliphatic carbocycles. The average molecular weight is 292 g/mol. The van der Waals surface area contributed by atoms with Crippen LogP contribution in [0.15, 0.2) is 47.9 Å². The van der Waals surface area contributed by atoms with Gasteiger partial charge in [0.25, 0.3) is 0 Å². The van der Waals surface area contributed by atoms with Gasteiger partial charge in [0.05, 0.1) is 4.90 Å². The summed E-state index contributed by atoms with van der Waals surface area (Å²) >= 11 is 0. The lowest BCUT2D eigenvalue weighted by Gasteiger charge is -2.08. The Kier molecular flexibility index (Phi) is 4.65. The van der Waals surface area contributed by atoms with E-state index in [4.69, 9.17) is 0 Å². The molecule has 0 atom stereocenters.